The second-order valence-corrected chi connectivity index (χ2v) is 4.54. The Bertz CT molecular complexity index is 339. The quantitative estimate of drug-likeness (QED) is 0.436. The van der Waals surface area contributed by atoms with E-state index in [1.165, 1.54) is 0 Å². The molecule has 19 heavy (non-hydrogen) atoms. The Labute approximate surface area is 110 Å². The van der Waals surface area contributed by atoms with Crippen LogP contribution in [0.15, 0.2) is 0 Å². The molecule has 0 fully saturated rings. The van der Waals surface area contributed by atoms with E-state index in [2.05, 4.69) is 0 Å². The van der Waals surface area contributed by atoms with Crippen LogP contribution in [0.3, 0.4) is 0 Å². The predicted molar refractivity (Wildman–Crippen MR) is 64.7 cm³/mol. The van der Waals surface area contributed by atoms with Gasteiger partial charge in [-0.05, 0) is 6.42 Å². The lowest BCUT2D eigenvalue weighted by molar-refractivity contribution is -0.179. The summed E-state index contributed by atoms with van der Waals surface area (Å²) in [6, 6.07) is 0. The van der Waals surface area contributed by atoms with E-state index < -0.39 is 35.8 Å². The van der Waals surface area contributed by atoms with Crippen LogP contribution in [0, 0.1) is 5.92 Å². The first-order chi connectivity index (χ1) is 8.75. The summed E-state index contributed by atoms with van der Waals surface area (Å²) in [5.74, 6) is -6.50. The van der Waals surface area contributed by atoms with Crippen molar-refractivity contribution in [3.8, 4) is 0 Å². The molecule has 0 radical (unpaired) electrons. The zero-order valence-electron chi connectivity index (χ0n) is 10.8. The summed E-state index contributed by atoms with van der Waals surface area (Å²) < 4.78 is 0. The van der Waals surface area contributed by atoms with Crippen LogP contribution in [0.1, 0.15) is 45.4 Å². The lowest BCUT2D eigenvalue weighted by atomic mass is 9.81. The summed E-state index contributed by atoms with van der Waals surface area (Å²) in [5.41, 5.74) is -2.77. The molecule has 0 aliphatic carbocycles. The van der Waals surface area contributed by atoms with Crippen LogP contribution in [0.5, 0.6) is 0 Å². The van der Waals surface area contributed by atoms with Crippen molar-refractivity contribution < 1.29 is 34.8 Å². The van der Waals surface area contributed by atoms with Crippen molar-refractivity contribution in [2.24, 2.45) is 5.92 Å². The fourth-order valence-corrected chi connectivity index (χ4v) is 1.92. The Hall–Kier alpha value is -1.63. The van der Waals surface area contributed by atoms with Gasteiger partial charge in [-0.25, -0.2) is 4.79 Å². The zero-order chi connectivity index (χ0) is 15.1. The minimum atomic E-state index is -2.77. The van der Waals surface area contributed by atoms with Gasteiger partial charge in [-0.1, -0.05) is 32.6 Å². The van der Waals surface area contributed by atoms with E-state index in [9.17, 15) is 19.5 Å². The van der Waals surface area contributed by atoms with Gasteiger partial charge in [0.2, 0.25) is 0 Å². The molecule has 0 spiro atoms. The molecular formula is C12H20O7. The van der Waals surface area contributed by atoms with Gasteiger partial charge < -0.3 is 20.4 Å². The standard InChI is InChI=1S/C12H20O7/c1-2-3-4-5-6-8(10(15)16)12(19,11(17)18)7-9(13)14/h8,19H,2-7H2,1H3,(H,13,14)(H,15,16)(H,17,18). The SMILES string of the molecule is CCCCCCC(C(=O)O)C(O)(CC(=O)O)C(=O)O. The molecule has 0 heterocycles. The summed E-state index contributed by atoms with van der Waals surface area (Å²) in [6.45, 7) is 1.96. The minimum absolute atomic E-state index is 0.0641. The number of hydrogen-bond acceptors (Lipinski definition) is 4. The fraction of sp³-hybridized carbons (Fsp3) is 0.750. The first kappa shape index (κ1) is 17.4. The Kier molecular flexibility index (Phi) is 7.06. The van der Waals surface area contributed by atoms with Gasteiger partial charge in [0, 0.05) is 0 Å². The topological polar surface area (TPSA) is 132 Å². The van der Waals surface area contributed by atoms with Crippen molar-refractivity contribution in [1.82, 2.24) is 0 Å². The molecule has 7 nitrogen and oxygen atoms in total. The van der Waals surface area contributed by atoms with Crippen LogP contribution in [-0.2, 0) is 14.4 Å². The highest BCUT2D eigenvalue weighted by molar-refractivity contribution is 5.89. The van der Waals surface area contributed by atoms with Gasteiger partial charge in [0.25, 0.3) is 0 Å². The van der Waals surface area contributed by atoms with Crippen LogP contribution in [0.25, 0.3) is 0 Å². The van der Waals surface area contributed by atoms with Crippen LogP contribution in [-0.4, -0.2) is 43.9 Å². The number of rotatable bonds is 10. The Morgan fingerprint density at radius 3 is 2.00 bits per heavy atom. The Balaban J connectivity index is 4.92. The van der Waals surface area contributed by atoms with Crippen LogP contribution < -0.4 is 0 Å². The second-order valence-electron chi connectivity index (χ2n) is 4.54. The van der Waals surface area contributed by atoms with E-state index in [1.807, 2.05) is 6.92 Å². The Morgan fingerprint density at radius 2 is 1.63 bits per heavy atom. The summed E-state index contributed by atoms with van der Waals surface area (Å²) >= 11 is 0. The summed E-state index contributed by atoms with van der Waals surface area (Å²) in [6.07, 6.45) is 1.74. The summed E-state index contributed by atoms with van der Waals surface area (Å²) in [4.78, 5) is 32.7. The number of carboxylic acids is 3. The first-order valence-electron chi connectivity index (χ1n) is 6.16. The number of hydrogen-bond donors (Lipinski definition) is 4. The van der Waals surface area contributed by atoms with Crippen molar-refractivity contribution in [2.75, 3.05) is 0 Å². The summed E-state index contributed by atoms with van der Waals surface area (Å²) in [7, 11) is 0. The first-order valence-corrected chi connectivity index (χ1v) is 6.16. The zero-order valence-corrected chi connectivity index (χ0v) is 10.8. The van der Waals surface area contributed by atoms with Gasteiger partial charge >= 0.3 is 17.9 Å². The van der Waals surface area contributed by atoms with Gasteiger partial charge in [-0.2, -0.15) is 0 Å². The van der Waals surface area contributed by atoms with Gasteiger partial charge in [0.1, 0.15) is 0 Å². The molecule has 0 rings (SSSR count). The number of aliphatic hydroxyl groups is 1. The normalized spacial score (nSPS) is 15.5. The van der Waals surface area contributed by atoms with Crippen molar-refractivity contribution >= 4 is 17.9 Å². The molecule has 0 aromatic carbocycles. The predicted octanol–water partition coefficient (Wildman–Crippen LogP) is 0.948. The van der Waals surface area contributed by atoms with Crippen molar-refractivity contribution in [3.63, 3.8) is 0 Å². The maximum atomic E-state index is 11.1. The third-order valence-corrected chi connectivity index (χ3v) is 3.01. The van der Waals surface area contributed by atoms with Crippen molar-refractivity contribution in [1.29, 1.82) is 0 Å². The molecule has 110 valence electrons. The van der Waals surface area contributed by atoms with E-state index in [-0.39, 0.29) is 6.42 Å². The Morgan fingerprint density at radius 1 is 1.05 bits per heavy atom. The number of carbonyl (C=O) groups is 3. The van der Waals surface area contributed by atoms with Crippen LogP contribution in [0.2, 0.25) is 0 Å². The van der Waals surface area contributed by atoms with Gasteiger partial charge in [0.15, 0.2) is 5.60 Å². The largest absolute Gasteiger partial charge is 0.481 e. The minimum Gasteiger partial charge on any atom is -0.481 e. The van der Waals surface area contributed by atoms with E-state index in [0.717, 1.165) is 12.8 Å². The van der Waals surface area contributed by atoms with Crippen LogP contribution >= 0.6 is 0 Å². The van der Waals surface area contributed by atoms with E-state index in [1.54, 1.807) is 0 Å². The molecule has 2 atom stereocenters. The average Bonchev–Trinajstić information content (AvgIpc) is 2.26. The smallest absolute Gasteiger partial charge is 0.337 e. The molecule has 2 unspecified atom stereocenters. The molecular weight excluding hydrogens is 256 g/mol. The number of aliphatic carboxylic acids is 3. The maximum absolute atomic E-state index is 11.1. The molecule has 7 heteroatoms. The molecule has 0 aromatic heterocycles. The van der Waals surface area contributed by atoms with Crippen LogP contribution in [0.4, 0.5) is 0 Å². The molecule has 0 aliphatic heterocycles. The molecule has 4 N–H and O–H groups in total. The van der Waals surface area contributed by atoms with Gasteiger partial charge in [-0.15, -0.1) is 0 Å². The lowest BCUT2D eigenvalue weighted by Gasteiger charge is -2.28. The molecule has 0 aliphatic rings. The molecule has 0 bridgehead atoms. The summed E-state index contributed by atoms with van der Waals surface area (Å²) in [5, 5.41) is 36.4. The maximum Gasteiger partial charge on any atom is 0.337 e. The molecule has 0 saturated carbocycles. The van der Waals surface area contributed by atoms with Crippen molar-refractivity contribution in [3.05, 3.63) is 0 Å². The molecule has 0 aromatic rings. The second kappa shape index (κ2) is 7.73. The lowest BCUT2D eigenvalue weighted by Crippen LogP contribution is -2.50. The fourth-order valence-electron chi connectivity index (χ4n) is 1.92. The van der Waals surface area contributed by atoms with E-state index in [0.29, 0.717) is 12.8 Å². The highest BCUT2D eigenvalue weighted by Gasteiger charge is 2.49. The monoisotopic (exact) mass is 276 g/mol. The van der Waals surface area contributed by atoms with E-state index >= 15 is 0 Å². The van der Waals surface area contributed by atoms with Gasteiger partial charge in [-0.3, -0.25) is 9.59 Å². The van der Waals surface area contributed by atoms with E-state index in [4.69, 9.17) is 15.3 Å². The highest BCUT2D eigenvalue weighted by atomic mass is 16.4. The van der Waals surface area contributed by atoms with Gasteiger partial charge in [0.05, 0.1) is 12.3 Å². The molecule has 0 saturated heterocycles. The van der Waals surface area contributed by atoms with Crippen molar-refractivity contribution in [2.45, 2.75) is 51.0 Å². The highest BCUT2D eigenvalue weighted by Crippen LogP contribution is 2.28. The number of carboxylic acid groups (broad SMARTS) is 3. The average molecular weight is 276 g/mol. The third-order valence-electron chi connectivity index (χ3n) is 3.01. The number of unbranched alkanes of at least 4 members (excludes halogenated alkanes) is 3. The molecule has 0 amide bonds. The third kappa shape index (κ3) is 5.25.